The zero-order chi connectivity index (χ0) is 13.8. The number of hydrogen-bond donors (Lipinski definition) is 1. The predicted octanol–water partition coefficient (Wildman–Crippen LogP) is 3.14. The van der Waals surface area contributed by atoms with Crippen LogP contribution in [0, 0.1) is 5.92 Å². The second kappa shape index (κ2) is 6.20. The van der Waals surface area contributed by atoms with E-state index in [1.54, 1.807) is 0 Å². The molecule has 0 saturated heterocycles. The van der Waals surface area contributed by atoms with Crippen molar-refractivity contribution in [1.29, 1.82) is 0 Å². The van der Waals surface area contributed by atoms with Gasteiger partial charge < -0.3 is 5.32 Å². The van der Waals surface area contributed by atoms with Crippen LogP contribution in [0.1, 0.15) is 32.9 Å². The summed E-state index contributed by atoms with van der Waals surface area (Å²) in [6, 6.07) is 9.04. The van der Waals surface area contributed by atoms with Crippen LogP contribution < -0.4 is 5.32 Å². The highest BCUT2D eigenvalue weighted by Crippen LogP contribution is 2.21. The number of fused-ring (bicyclic) bond motifs is 1. The number of para-hydroxylation sites is 1. The van der Waals surface area contributed by atoms with Gasteiger partial charge in [-0.25, -0.2) is 0 Å². The highest BCUT2D eigenvalue weighted by atomic mass is 15.3. The Morgan fingerprint density at radius 1 is 1.26 bits per heavy atom. The van der Waals surface area contributed by atoms with E-state index in [1.807, 2.05) is 11.7 Å². The molecular weight excluding hydrogens is 234 g/mol. The molecule has 1 unspecified atom stereocenters. The Kier molecular flexibility index (Phi) is 4.59. The summed E-state index contributed by atoms with van der Waals surface area (Å²) in [5.74, 6) is 0.653. The van der Waals surface area contributed by atoms with Gasteiger partial charge in [0, 0.05) is 18.5 Å². The second-order valence-corrected chi connectivity index (χ2v) is 5.63. The third-order valence-corrected chi connectivity index (χ3v) is 3.71. The van der Waals surface area contributed by atoms with Crippen molar-refractivity contribution >= 4 is 10.9 Å². The molecule has 0 radical (unpaired) electrons. The van der Waals surface area contributed by atoms with E-state index in [0.717, 1.165) is 13.0 Å². The van der Waals surface area contributed by atoms with Gasteiger partial charge in [0.25, 0.3) is 0 Å². The van der Waals surface area contributed by atoms with Crippen molar-refractivity contribution in [2.75, 3.05) is 6.54 Å². The fraction of sp³-hybridized carbons (Fsp3) is 0.562. The Balaban J connectivity index is 2.15. The fourth-order valence-electron chi connectivity index (χ4n) is 2.48. The van der Waals surface area contributed by atoms with E-state index in [-0.39, 0.29) is 0 Å². The van der Waals surface area contributed by atoms with Crippen molar-refractivity contribution < 1.29 is 0 Å². The van der Waals surface area contributed by atoms with Crippen molar-refractivity contribution in [3.63, 3.8) is 0 Å². The van der Waals surface area contributed by atoms with E-state index < -0.39 is 0 Å². The number of nitrogens with zero attached hydrogens (tertiary/aromatic N) is 2. The Morgan fingerprint density at radius 3 is 2.68 bits per heavy atom. The van der Waals surface area contributed by atoms with Gasteiger partial charge in [-0.05, 0) is 24.9 Å². The lowest BCUT2D eigenvalue weighted by molar-refractivity contribution is 0.432. The van der Waals surface area contributed by atoms with E-state index in [1.165, 1.54) is 23.0 Å². The van der Waals surface area contributed by atoms with E-state index in [4.69, 9.17) is 5.10 Å². The summed E-state index contributed by atoms with van der Waals surface area (Å²) in [5.41, 5.74) is 2.46. The lowest BCUT2D eigenvalue weighted by Crippen LogP contribution is -2.29. The highest BCUT2D eigenvalue weighted by molar-refractivity contribution is 5.81. The van der Waals surface area contributed by atoms with E-state index in [9.17, 15) is 0 Å². The number of hydrogen-bond acceptors (Lipinski definition) is 2. The van der Waals surface area contributed by atoms with Gasteiger partial charge in [0.1, 0.15) is 0 Å². The van der Waals surface area contributed by atoms with Crippen molar-refractivity contribution in [2.24, 2.45) is 13.0 Å². The molecule has 1 atom stereocenters. The first-order valence-corrected chi connectivity index (χ1v) is 7.25. The molecule has 0 saturated carbocycles. The minimum Gasteiger partial charge on any atom is -0.314 e. The Hall–Kier alpha value is -1.35. The molecule has 1 heterocycles. The molecule has 0 amide bonds. The molecule has 1 aromatic heterocycles. The van der Waals surface area contributed by atoms with Crippen molar-refractivity contribution in [2.45, 2.75) is 39.7 Å². The van der Waals surface area contributed by atoms with Crippen LogP contribution in [0.25, 0.3) is 10.9 Å². The second-order valence-electron chi connectivity index (χ2n) is 5.63. The van der Waals surface area contributed by atoms with Crippen LogP contribution in [-0.2, 0) is 13.5 Å². The monoisotopic (exact) mass is 259 g/mol. The molecule has 2 aromatic rings. The molecule has 3 heteroatoms. The van der Waals surface area contributed by atoms with Gasteiger partial charge in [-0.15, -0.1) is 0 Å². The molecule has 19 heavy (non-hydrogen) atoms. The zero-order valence-corrected chi connectivity index (χ0v) is 12.5. The molecule has 3 nitrogen and oxygen atoms in total. The Bertz CT molecular complexity index is 528. The number of aryl methyl sites for hydroxylation is 1. The van der Waals surface area contributed by atoms with Gasteiger partial charge in [-0.1, -0.05) is 45.4 Å². The number of nitrogens with one attached hydrogen (secondary N) is 1. The summed E-state index contributed by atoms with van der Waals surface area (Å²) < 4.78 is 1.99. The summed E-state index contributed by atoms with van der Waals surface area (Å²) in [6.45, 7) is 7.72. The highest BCUT2D eigenvalue weighted by Gasteiger charge is 2.13. The molecule has 2 rings (SSSR count). The lowest BCUT2D eigenvalue weighted by Gasteiger charge is -2.16. The van der Waals surface area contributed by atoms with Crippen molar-refractivity contribution in [3.05, 3.63) is 30.0 Å². The molecule has 1 N–H and O–H groups in total. The summed E-state index contributed by atoms with van der Waals surface area (Å²) in [7, 11) is 2.03. The first-order chi connectivity index (χ1) is 9.11. The Morgan fingerprint density at radius 2 is 2.00 bits per heavy atom. The van der Waals surface area contributed by atoms with Crippen molar-refractivity contribution in [3.8, 4) is 0 Å². The van der Waals surface area contributed by atoms with Gasteiger partial charge in [-0.3, -0.25) is 4.68 Å². The molecule has 0 fully saturated rings. The third-order valence-electron chi connectivity index (χ3n) is 3.71. The smallest absolute Gasteiger partial charge is 0.0706 e. The number of rotatable bonds is 6. The SMILES string of the molecule is CCC(CNC(C)C)Cc1nn(C)c2ccccc12. The first-order valence-electron chi connectivity index (χ1n) is 7.25. The third kappa shape index (κ3) is 3.35. The maximum absolute atomic E-state index is 4.69. The summed E-state index contributed by atoms with van der Waals surface area (Å²) in [6.07, 6.45) is 2.24. The predicted molar refractivity (Wildman–Crippen MR) is 81.3 cm³/mol. The number of aromatic nitrogens is 2. The average Bonchev–Trinajstić information content (AvgIpc) is 2.72. The summed E-state index contributed by atoms with van der Waals surface area (Å²) in [4.78, 5) is 0. The molecule has 0 bridgehead atoms. The fourth-order valence-corrected chi connectivity index (χ4v) is 2.48. The normalized spacial score (nSPS) is 13.3. The molecular formula is C16H25N3. The standard InChI is InChI=1S/C16H25N3/c1-5-13(11-17-12(2)3)10-15-14-8-6-7-9-16(14)19(4)18-15/h6-9,12-13,17H,5,10-11H2,1-4H3. The molecule has 1 aromatic carbocycles. The van der Waals surface area contributed by atoms with Crippen LogP contribution in [0.4, 0.5) is 0 Å². The lowest BCUT2D eigenvalue weighted by atomic mass is 9.98. The largest absolute Gasteiger partial charge is 0.314 e. The average molecular weight is 259 g/mol. The van der Waals surface area contributed by atoms with Crippen LogP contribution in [0.2, 0.25) is 0 Å². The van der Waals surface area contributed by atoms with Crippen LogP contribution in [-0.4, -0.2) is 22.4 Å². The van der Waals surface area contributed by atoms with Crippen LogP contribution in [0.5, 0.6) is 0 Å². The summed E-state index contributed by atoms with van der Waals surface area (Å²) >= 11 is 0. The van der Waals surface area contributed by atoms with Gasteiger partial charge in [0.2, 0.25) is 0 Å². The van der Waals surface area contributed by atoms with Gasteiger partial charge in [-0.2, -0.15) is 5.10 Å². The Labute approximate surface area is 116 Å². The molecule has 0 aliphatic rings. The zero-order valence-electron chi connectivity index (χ0n) is 12.5. The van der Waals surface area contributed by atoms with Crippen LogP contribution in [0.3, 0.4) is 0 Å². The minimum absolute atomic E-state index is 0.550. The van der Waals surface area contributed by atoms with Gasteiger partial charge in [0.15, 0.2) is 0 Å². The topological polar surface area (TPSA) is 29.9 Å². The molecule has 0 aliphatic carbocycles. The van der Waals surface area contributed by atoms with Gasteiger partial charge in [0.05, 0.1) is 11.2 Å². The maximum Gasteiger partial charge on any atom is 0.0706 e. The van der Waals surface area contributed by atoms with Crippen LogP contribution in [0.15, 0.2) is 24.3 Å². The summed E-state index contributed by atoms with van der Waals surface area (Å²) in [5, 5.41) is 9.53. The molecule has 0 spiro atoms. The van der Waals surface area contributed by atoms with E-state index in [2.05, 4.69) is 50.4 Å². The maximum atomic E-state index is 4.69. The first kappa shape index (κ1) is 14.1. The van der Waals surface area contributed by atoms with Gasteiger partial charge >= 0.3 is 0 Å². The minimum atomic E-state index is 0.550. The van der Waals surface area contributed by atoms with E-state index in [0.29, 0.717) is 12.0 Å². The molecule has 0 aliphatic heterocycles. The quantitative estimate of drug-likeness (QED) is 0.863. The van der Waals surface area contributed by atoms with E-state index >= 15 is 0 Å². The van der Waals surface area contributed by atoms with Crippen LogP contribution >= 0.6 is 0 Å². The van der Waals surface area contributed by atoms with Crippen molar-refractivity contribution in [1.82, 2.24) is 15.1 Å². The molecule has 104 valence electrons. The number of benzene rings is 1.